The van der Waals surface area contributed by atoms with E-state index in [9.17, 15) is 14.0 Å². The molecule has 0 heterocycles. The van der Waals surface area contributed by atoms with E-state index >= 15 is 0 Å². The van der Waals surface area contributed by atoms with Crippen LogP contribution in [0.15, 0.2) is 89.7 Å². The van der Waals surface area contributed by atoms with Crippen molar-refractivity contribution >= 4 is 29.8 Å². The maximum absolute atomic E-state index is 13.0. The van der Waals surface area contributed by atoms with Crippen molar-refractivity contribution in [3.63, 3.8) is 0 Å². The Balaban J connectivity index is 1.80. The molecule has 0 aliphatic heterocycles. The van der Waals surface area contributed by atoms with Crippen molar-refractivity contribution < 1.29 is 14.0 Å². The van der Waals surface area contributed by atoms with Crippen molar-refractivity contribution in [1.82, 2.24) is 10.7 Å². The fraction of sp³-hybridized carbons (Fsp3) is 0.0800. The van der Waals surface area contributed by atoms with Crippen LogP contribution in [0.25, 0.3) is 6.08 Å². The Hall–Kier alpha value is -4.26. The van der Waals surface area contributed by atoms with Gasteiger partial charge in [-0.1, -0.05) is 42.5 Å². The largest absolute Gasteiger partial charge is 0.378 e. The second-order valence-corrected chi connectivity index (χ2v) is 7.11. The lowest BCUT2D eigenvalue weighted by molar-refractivity contribution is -0.117. The summed E-state index contributed by atoms with van der Waals surface area (Å²) in [6.07, 6.45) is 2.96. The van der Waals surface area contributed by atoms with Crippen LogP contribution in [0.3, 0.4) is 0 Å². The molecule has 0 unspecified atom stereocenters. The number of halogens is 1. The van der Waals surface area contributed by atoms with Crippen molar-refractivity contribution in [2.45, 2.75) is 0 Å². The summed E-state index contributed by atoms with van der Waals surface area (Å²) >= 11 is 0. The predicted molar refractivity (Wildman–Crippen MR) is 125 cm³/mol. The molecule has 0 fully saturated rings. The molecule has 0 radical (unpaired) electrons. The van der Waals surface area contributed by atoms with Gasteiger partial charge in [-0.25, -0.2) is 9.82 Å². The fourth-order valence-corrected chi connectivity index (χ4v) is 2.75. The lowest BCUT2D eigenvalue weighted by Crippen LogP contribution is -2.32. The van der Waals surface area contributed by atoms with Crippen LogP contribution >= 0.6 is 0 Å². The summed E-state index contributed by atoms with van der Waals surface area (Å²) in [5, 5.41) is 6.56. The topological polar surface area (TPSA) is 73.8 Å². The molecule has 0 saturated heterocycles. The highest BCUT2D eigenvalue weighted by atomic mass is 19.1. The van der Waals surface area contributed by atoms with Crippen LogP contribution in [-0.4, -0.2) is 32.1 Å². The zero-order valence-electron chi connectivity index (χ0n) is 17.7. The van der Waals surface area contributed by atoms with E-state index in [2.05, 4.69) is 15.8 Å². The molecule has 32 heavy (non-hydrogen) atoms. The zero-order chi connectivity index (χ0) is 22.9. The summed E-state index contributed by atoms with van der Waals surface area (Å²) in [6, 6.07) is 21.8. The van der Waals surface area contributed by atoms with Crippen molar-refractivity contribution in [3.8, 4) is 0 Å². The van der Waals surface area contributed by atoms with E-state index in [-0.39, 0.29) is 11.5 Å². The number of anilines is 1. The molecule has 0 atom stereocenters. The van der Waals surface area contributed by atoms with E-state index in [0.29, 0.717) is 11.1 Å². The van der Waals surface area contributed by atoms with Gasteiger partial charge in [-0.15, -0.1) is 0 Å². The number of hydrogen-bond acceptors (Lipinski definition) is 4. The van der Waals surface area contributed by atoms with Crippen LogP contribution < -0.4 is 15.6 Å². The summed E-state index contributed by atoms with van der Waals surface area (Å²) in [5.41, 5.74) is 5.21. The Morgan fingerprint density at radius 2 is 1.50 bits per heavy atom. The van der Waals surface area contributed by atoms with Gasteiger partial charge in [0.1, 0.15) is 11.5 Å². The molecule has 0 saturated carbocycles. The summed E-state index contributed by atoms with van der Waals surface area (Å²) in [7, 11) is 3.87. The van der Waals surface area contributed by atoms with Gasteiger partial charge in [0.25, 0.3) is 11.8 Å². The van der Waals surface area contributed by atoms with E-state index in [1.165, 1.54) is 30.5 Å². The molecule has 0 aromatic heterocycles. The molecule has 7 heteroatoms. The molecule has 2 N–H and O–H groups in total. The summed E-state index contributed by atoms with van der Waals surface area (Å²) in [5.74, 6) is -1.37. The van der Waals surface area contributed by atoms with E-state index in [1.807, 2.05) is 43.3 Å². The number of benzene rings is 3. The number of carbonyl (C=O) groups excluding carboxylic acids is 2. The summed E-state index contributed by atoms with van der Waals surface area (Å²) < 4.78 is 13.0. The Labute approximate surface area is 186 Å². The van der Waals surface area contributed by atoms with Gasteiger partial charge in [0.2, 0.25) is 0 Å². The van der Waals surface area contributed by atoms with Gasteiger partial charge in [-0.3, -0.25) is 9.59 Å². The minimum Gasteiger partial charge on any atom is -0.378 e. The van der Waals surface area contributed by atoms with E-state index in [4.69, 9.17) is 0 Å². The van der Waals surface area contributed by atoms with Crippen LogP contribution in [0.1, 0.15) is 21.5 Å². The minimum absolute atomic E-state index is 0.0349. The average Bonchev–Trinajstić information content (AvgIpc) is 2.80. The summed E-state index contributed by atoms with van der Waals surface area (Å²) in [6.45, 7) is 0. The summed E-state index contributed by atoms with van der Waals surface area (Å²) in [4.78, 5) is 27.3. The molecule has 162 valence electrons. The third kappa shape index (κ3) is 6.37. The van der Waals surface area contributed by atoms with Gasteiger partial charge in [-0.05, 0) is 53.6 Å². The molecular weight excluding hydrogens is 407 g/mol. The van der Waals surface area contributed by atoms with Crippen LogP contribution in [-0.2, 0) is 4.79 Å². The average molecular weight is 430 g/mol. The van der Waals surface area contributed by atoms with Crippen LogP contribution in [0.2, 0.25) is 0 Å². The van der Waals surface area contributed by atoms with Crippen LogP contribution in [0, 0.1) is 5.82 Å². The van der Waals surface area contributed by atoms with Crippen LogP contribution in [0.5, 0.6) is 0 Å². The molecule has 0 bridgehead atoms. The quantitative estimate of drug-likeness (QED) is 0.340. The Kier molecular flexibility index (Phi) is 7.48. The van der Waals surface area contributed by atoms with Crippen molar-refractivity contribution in [3.05, 3.63) is 107 Å². The first-order valence-corrected chi connectivity index (χ1v) is 9.87. The van der Waals surface area contributed by atoms with Gasteiger partial charge in [0.05, 0.1) is 6.21 Å². The Morgan fingerprint density at radius 1 is 0.875 bits per heavy atom. The molecule has 2 amide bonds. The standard InChI is InChI=1S/C25H23FN4O2/c1-30(2)22-14-10-18(11-15-22)16-23(28-24(31)20-6-4-3-5-7-20)25(32)29-27-17-19-8-12-21(26)13-9-19/h3-17H,1-2H3,(H,28,31)(H,29,32). The smallest absolute Gasteiger partial charge is 0.287 e. The highest BCUT2D eigenvalue weighted by Gasteiger charge is 2.14. The third-order valence-corrected chi connectivity index (χ3v) is 4.50. The number of rotatable bonds is 7. The third-order valence-electron chi connectivity index (χ3n) is 4.50. The molecule has 3 aromatic rings. The SMILES string of the molecule is CN(C)c1ccc(C=C(NC(=O)c2ccccc2)C(=O)NN=Cc2ccc(F)cc2)cc1. The minimum atomic E-state index is -0.593. The molecule has 3 aromatic carbocycles. The molecule has 0 aliphatic carbocycles. The number of nitrogens with one attached hydrogen (secondary N) is 2. The van der Waals surface area contributed by atoms with E-state index in [1.54, 1.807) is 36.4 Å². The Bertz CT molecular complexity index is 1120. The fourth-order valence-electron chi connectivity index (χ4n) is 2.75. The van der Waals surface area contributed by atoms with Gasteiger partial charge >= 0.3 is 0 Å². The van der Waals surface area contributed by atoms with Crippen molar-refractivity contribution in [2.75, 3.05) is 19.0 Å². The monoisotopic (exact) mass is 430 g/mol. The lowest BCUT2D eigenvalue weighted by atomic mass is 10.1. The molecule has 0 spiro atoms. The Morgan fingerprint density at radius 3 is 2.12 bits per heavy atom. The first-order valence-electron chi connectivity index (χ1n) is 9.87. The van der Waals surface area contributed by atoms with Crippen molar-refractivity contribution in [1.29, 1.82) is 0 Å². The first-order chi connectivity index (χ1) is 15.4. The van der Waals surface area contributed by atoms with Gasteiger partial charge in [0, 0.05) is 25.3 Å². The first kappa shape index (κ1) is 22.4. The van der Waals surface area contributed by atoms with Crippen LogP contribution in [0.4, 0.5) is 10.1 Å². The molecule has 3 rings (SSSR count). The second-order valence-electron chi connectivity index (χ2n) is 7.11. The number of carbonyl (C=O) groups is 2. The maximum Gasteiger partial charge on any atom is 0.287 e. The second kappa shape index (κ2) is 10.7. The van der Waals surface area contributed by atoms with E-state index < -0.39 is 11.8 Å². The molecule has 0 aliphatic rings. The number of nitrogens with zero attached hydrogens (tertiary/aromatic N) is 2. The molecule has 6 nitrogen and oxygen atoms in total. The van der Waals surface area contributed by atoms with Gasteiger partial charge < -0.3 is 10.2 Å². The highest BCUT2D eigenvalue weighted by molar-refractivity contribution is 6.05. The lowest BCUT2D eigenvalue weighted by Gasteiger charge is -2.12. The van der Waals surface area contributed by atoms with E-state index in [0.717, 1.165) is 11.3 Å². The van der Waals surface area contributed by atoms with Gasteiger partial charge in [0.15, 0.2) is 0 Å². The van der Waals surface area contributed by atoms with Crippen molar-refractivity contribution in [2.24, 2.45) is 5.10 Å². The number of hydrogen-bond donors (Lipinski definition) is 2. The number of amides is 2. The molecular formula is C25H23FN4O2. The predicted octanol–water partition coefficient (Wildman–Crippen LogP) is 3.81. The normalized spacial score (nSPS) is 11.3. The highest BCUT2D eigenvalue weighted by Crippen LogP contribution is 2.14. The van der Waals surface area contributed by atoms with Gasteiger partial charge in [-0.2, -0.15) is 5.10 Å². The number of hydrazone groups is 1. The zero-order valence-corrected chi connectivity index (χ0v) is 17.7. The maximum atomic E-state index is 13.0.